The fourth-order valence-electron chi connectivity index (χ4n) is 1.24. The number of hydrogen-bond donors (Lipinski definition) is 1. The lowest BCUT2D eigenvalue weighted by molar-refractivity contribution is 0.393. The average molecular weight is 209 g/mol. The van der Waals surface area contributed by atoms with Crippen molar-refractivity contribution >= 4 is 17.0 Å². The SMILES string of the molecule is Cc1noc(C)c1NCc1cscn1. The van der Waals surface area contributed by atoms with Gasteiger partial charge in [-0.3, -0.25) is 0 Å². The van der Waals surface area contributed by atoms with Crippen molar-refractivity contribution in [3.63, 3.8) is 0 Å². The second-order valence-electron chi connectivity index (χ2n) is 3.03. The van der Waals surface area contributed by atoms with Gasteiger partial charge in [-0.05, 0) is 13.8 Å². The summed E-state index contributed by atoms with van der Waals surface area (Å²) in [5.74, 6) is 0.817. The van der Waals surface area contributed by atoms with E-state index in [9.17, 15) is 0 Å². The van der Waals surface area contributed by atoms with E-state index in [1.165, 1.54) is 0 Å². The van der Waals surface area contributed by atoms with Crippen LogP contribution in [0.5, 0.6) is 0 Å². The van der Waals surface area contributed by atoms with Crippen LogP contribution in [0, 0.1) is 13.8 Å². The van der Waals surface area contributed by atoms with Gasteiger partial charge in [-0.25, -0.2) is 4.98 Å². The molecule has 0 aliphatic rings. The second-order valence-corrected chi connectivity index (χ2v) is 3.75. The summed E-state index contributed by atoms with van der Waals surface area (Å²) >= 11 is 1.60. The van der Waals surface area contributed by atoms with Crippen molar-refractivity contribution < 1.29 is 4.52 Å². The summed E-state index contributed by atoms with van der Waals surface area (Å²) in [6, 6.07) is 0. The molecule has 0 aliphatic heterocycles. The Hall–Kier alpha value is -1.36. The van der Waals surface area contributed by atoms with Crippen molar-refractivity contribution in [2.75, 3.05) is 5.32 Å². The molecule has 0 unspecified atom stereocenters. The van der Waals surface area contributed by atoms with Crippen LogP contribution < -0.4 is 5.32 Å². The normalized spacial score (nSPS) is 10.4. The summed E-state index contributed by atoms with van der Waals surface area (Å²) in [5, 5.41) is 9.13. The molecule has 0 aliphatic carbocycles. The largest absolute Gasteiger partial charge is 0.375 e. The number of nitrogens with one attached hydrogen (secondary N) is 1. The number of anilines is 1. The lowest BCUT2D eigenvalue weighted by Crippen LogP contribution is -2.00. The molecule has 74 valence electrons. The first-order valence-corrected chi connectivity index (χ1v) is 5.25. The monoisotopic (exact) mass is 209 g/mol. The minimum absolute atomic E-state index is 0.715. The molecule has 0 saturated carbocycles. The van der Waals surface area contributed by atoms with E-state index in [-0.39, 0.29) is 0 Å². The lowest BCUT2D eigenvalue weighted by atomic mass is 10.3. The van der Waals surface area contributed by atoms with Crippen molar-refractivity contribution in [2.45, 2.75) is 20.4 Å². The summed E-state index contributed by atoms with van der Waals surface area (Å²) in [5.41, 5.74) is 4.72. The van der Waals surface area contributed by atoms with E-state index in [1.54, 1.807) is 11.3 Å². The summed E-state index contributed by atoms with van der Waals surface area (Å²) < 4.78 is 5.03. The fourth-order valence-corrected chi connectivity index (χ4v) is 1.80. The number of aromatic nitrogens is 2. The Bertz CT molecular complexity index is 388. The first kappa shape index (κ1) is 9.21. The van der Waals surface area contributed by atoms with E-state index in [0.717, 1.165) is 22.8 Å². The highest BCUT2D eigenvalue weighted by Gasteiger charge is 2.07. The number of hydrogen-bond acceptors (Lipinski definition) is 5. The van der Waals surface area contributed by atoms with Crippen LogP contribution in [0.15, 0.2) is 15.4 Å². The third-order valence-corrected chi connectivity index (χ3v) is 2.60. The van der Waals surface area contributed by atoms with Crippen LogP contribution in [0.25, 0.3) is 0 Å². The van der Waals surface area contributed by atoms with Crippen LogP contribution in [0.2, 0.25) is 0 Å². The molecule has 1 N–H and O–H groups in total. The van der Waals surface area contributed by atoms with Gasteiger partial charge in [0.2, 0.25) is 0 Å². The van der Waals surface area contributed by atoms with Crippen molar-refractivity contribution in [2.24, 2.45) is 0 Å². The maximum Gasteiger partial charge on any atom is 0.157 e. The number of aryl methyl sites for hydroxylation is 2. The molecular formula is C9H11N3OS. The van der Waals surface area contributed by atoms with Gasteiger partial charge in [0.05, 0.1) is 17.7 Å². The Kier molecular flexibility index (Phi) is 2.49. The minimum atomic E-state index is 0.715. The highest BCUT2D eigenvalue weighted by atomic mass is 32.1. The third kappa shape index (κ3) is 1.77. The highest BCUT2D eigenvalue weighted by molar-refractivity contribution is 7.07. The Morgan fingerprint density at radius 1 is 1.50 bits per heavy atom. The molecule has 2 heterocycles. The van der Waals surface area contributed by atoms with Gasteiger partial charge in [0.1, 0.15) is 11.4 Å². The molecule has 14 heavy (non-hydrogen) atoms. The van der Waals surface area contributed by atoms with Crippen molar-refractivity contribution in [3.05, 3.63) is 28.0 Å². The molecule has 0 spiro atoms. The standard InChI is InChI=1S/C9H11N3OS/c1-6-9(7(2)13-12-6)10-3-8-4-14-5-11-8/h4-5,10H,3H2,1-2H3. The summed E-state index contributed by atoms with van der Waals surface area (Å²) in [7, 11) is 0. The molecule has 4 nitrogen and oxygen atoms in total. The lowest BCUT2D eigenvalue weighted by Gasteiger charge is -2.01. The average Bonchev–Trinajstić information content (AvgIpc) is 2.76. The van der Waals surface area contributed by atoms with Gasteiger partial charge in [-0.1, -0.05) is 5.16 Å². The topological polar surface area (TPSA) is 51.0 Å². The predicted octanol–water partition coefficient (Wildman–Crippen LogP) is 2.36. The smallest absolute Gasteiger partial charge is 0.157 e. The van der Waals surface area contributed by atoms with Crippen LogP contribution in [-0.4, -0.2) is 10.1 Å². The van der Waals surface area contributed by atoms with Crippen LogP contribution >= 0.6 is 11.3 Å². The molecule has 2 rings (SSSR count). The highest BCUT2D eigenvalue weighted by Crippen LogP contribution is 2.19. The molecule has 0 amide bonds. The van der Waals surface area contributed by atoms with Gasteiger partial charge < -0.3 is 9.84 Å². The molecule has 0 bridgehead atoms. The van der Waals surface area contributed by atoms with Crippen LogP contribution in [-0.2, 0) is 6.54 Å². The van der Waals surface area contributed by atoms with E-state index < -0.39 is 0 Å². The second kappa shape index (κ2) is 3.79. The van der Waals surface area contributed by atoms with Crippen molar-refractivity contribution in [3.8, 4) is 0 Å². The zero-order valence-corrected chi connectivity index (χ0v) is 8.89. The molecule has 0 fully saturated rings. The quantitative estimate of drug-likeness (QED) is 0.843. The molecule has 0 aromatic carbocycles. The maximum atomic E-state index is 5.03. The van der Waals surface area contributed by atoms with Crippen LogP contribution in [0.1, 0.15) is 17.1 Å². The Balaban J connectivity index is 2.05. The van der Waals surface area contributed by atoms with Gasteiger partial charge in [0.15, 0.2) is 5.76 Å². The van der Waals surface area contributed by atoms with Crippen LogP contribution in [0.3, 0.4) is 0 Å². The van der Waals surface area contributed by atoms with Gasteiger partial charge in [0, 0.05) is 5.38 Å². The third-order valence-electron chi connectivity index (χ3n) is 1.96. The number of thiazole rings is 1. The van der Waals surface area contributed by atoms with E-state index in [2.05, 4.69) is 15.5 Å². The van der Waals surface area contributed by atoms with E-state index in [1.807, 2.05) is 24.7 Å². The molecule has 2 aromatic rings. The minimum Gasteiger partial charge on any atom is -0.375 e. The van der Waals surface area contributed by atoms with Gasteiger partial charge in [-0.2, -0.15) is 0 Å². The zero-order valence-electron chi connectivity index (χ0n) is 8.07. The Morgan fingerprint density at radius 2 is 2.36 bits per heavy atom. The molecule has 2 aromatic heterocycles. The molecule has 0 saturated heterocycles. The number of rotatable bonds is 3. The fraction of sp³-hybridized carbons (Fsp3) is 0.333. The number of nitrogens with zero attached hydrogens (tertiary/aromatic N) is 2. The molecule has 0 radical (unpaired) electrons. The Morgan fingerprint density at radius 3 is 2.93 bits per heavy atom. The maximum absolute atomic E-state index is 5.03. The molecule has 5 heteroatoms. The van der Waals surface area contributed by atoms with E-state index in [0.29, 0.717) is 6.54 Å². The first-order chi connectivity index (χ1) is 6.77. The zero-order chi connectivity index (χ0) is 9.97. The van der Waals surface area contributed by atoms with Gasteiger partial charge in [0.25, 0.3) is 0 Å². The van der Waals surface area contributed by atoms with Crippen molar-refractivity contribution in [1.82, 2.24) is 10.1 Å². The van der Waals surface area contributed by atoms with Gasteiger partial charge >= 0.3 is 0 Å². The predicted molar refractivity (Wildman–Crippen MR) is 55.4 cm³/mol. The summed E-state index contributed by atoms with van der Waals surface area (Å²) in [6.45, 7) is 4.52. The van der Waals surface area contributed by atoms with E-state index in [4.69, 9.17) is 4.52 Å². The van der Waals surface area contributed by atoms with Gasteiger partial charge in [-0.15, -0.1) is 11.3 Å². The Labute approximate surface area is 86.0 Å². The molecule has 0 atom stereocenters. The molecular weight excluding hydrogens is 198 g/mol. The van der Waals surface area contributed by atoms with Crippen LogP contribution in [0.4, 0.5) is 5.69 Å². The first-order valence-electron chi connectivity index (χ1n) is 4.31. The van der Waals surface area contributed by atoms with Crippen molar-refractivity contribution in [1.29, 1.82) is 0 Å². The van der Waals surface area contributed by atoms with E-state index >= 15 is 0 Å². The summed E-state index contributed by atoms with van der Waals surface area (Å²) in [6.07, 6.45) is 0. The summed E-state index contributed by atoms with van der Waals surface area (Å²) in [4.78, 5) is 4.18.